The van der Waals surface area contributed by atoms with Gasteiger partial charge < -0.3 is 19.9 Å². The van der Waals surface area contributed by atoms with Gasteiger partial charge in [-0.2, -0.15) is 4.98 Å². The van der Waals surface area contributed by atoms with Gasteiger partial charge in [0.15, 0.2) is 12.5 Å². The van der Waals surface area contributed by atoms with Crippen LogP contribution in [-0.2, 0) is 19.0 Å². The first kappa shape index (κ1) is 18.4. The zero-order chi connectivity index (χ0) is 18.9. The van der Waals surface area contributed by atoms with E-state index >= 15 is 0 Å². The second kappa shape index (κ2) is 7.59. The smallest absolute Gasteiger partial charge is 0.351 e. The fraction of sp³-hybridized carbons (Fsp3) is 0.737. The highest BCUT2D eigenvalue weighted by atomic mass is 16.7. The fourth-order valence-electron chi connectivity index (χ4n) is 4.88. The lowest BCUT2D eigenvalue weighted by Crippen LogP contribution is -2.37. The zero-order valence-corrected chi connectivity index (χ0v) is 15.5. The van der Waals surface area contributed by atoms with Crippen molar-refractivity contribution in [1.29, 1.82) is 0 Å². The number of anilines is 1. The fourth-order valence-corrected chi connectivity index (χ4v) is 4.88. The predicted octanol–water partition coefficient (Wildman–Crippen LogP) is 1.99. The minimum absolute atomic E-state index is 0.0426. The minimum Gasteiger partial charge on any atom is -0.460 e. The largest absolute Gasteiger partial charge is 0.460 e. The highest BCUT2D eigenvalue weighted by Crippen LogP contribution is 2.52. The van der Waals surface area contributed by atoms with Crippen molar-refractivity contribution >= 4 is 11.8 Å². The highest BCUT2D eigenvalue weighted by Gasteiger charge is 2.50. The molecule has 8 nitrogen and oxygen atoms in total. The molecule has 148 valence electrons. The van der Waals surface area contributed by atoms with Crippen LogP contribution in [0.4, 0.5) is 5.82 Å². The van der Waals surface area contributed by atoms with Gasteiger partial charge in [0.25, 0.3) is 0 Å². The summed E-state index contributed by atoms with van der Waals surface area (Å²) >= 11 is 0. The van der Waals surface area contributed by atoms with Crippen LogP contribution in [0.2, 0.25) is 0 Å². The van der Waals surface area contributed by atoms with Crippen LogP contribution in [-0.4, -0.2) is 35.0 Å². The number of aromatic nitrogens is 2. The lowest BCUT2D eigenvalue weighted by molar-refractivity contribution is -0.173. The molecule has 1 aliphatic heterocycles. The van der Waals surface area contributed by atoms with E-state index in [2.05, 4.69) is 4.98 Å². The Hall–Kier alpha value is -1.93. The molecule has 3 fully saturated rings. The van der Waals surface area contributed by atoms with Crippen LogP contribution < -0.4 is 11.4 Å². The molecule has 0 radical (unpaired) electrons. The summed E-state index contributed by atoms with van der Waals surface area (Å²) in [5.74, 6) is 0.508. The van der Waals surface area contributed by atoms with Crippen molar-refractivity contribution in [2.45, 2.75) is 63.9 Å². The van der Waals surface area contributed by atoms with E-state index in [9.17, 15) is 9.59 Å². The second-order valence-corrected chi connectivity index (χ2v) is 7.84. The van der Waals surface area contributed by atoms with Gasteiger partial charge in [-0.15, -0.1) is 0 Å². The van der Waals surface area contributed by atoms with Crippen LogP contribution >= 0.6 is 0 Å². The lowest BCUT2D eigenvalue weighted by Gasteiger charge is -2.32. The number of ether oxygens (including phenoxy) is 3. The molecular weight excluding hydrogens is 350 g/mol. The number of esters is 1. The third-order valence-electron chi connectivity index (χ3n) is 6.28. The molecular formula is C19H27N3O5. The summed E-state index contributed by atoms with van der Waals surface area (Å²) in [6, 6.07) is 1.53. The number of fused-ring (bicyclic) bond motifs is 1. The monoisotopic (exact) mass is 377 g/mol. The third kappa shape index (κ3) is 3.60. The SMILES string of the molecule is Nc1ccn([C@@H]2CO[C@H](COC(=O)C34CCCCC[C@@H]3CCC4)O2)c(=O)n1. The molecule has 1 aromatic rings. The van der Waals surface area contributed by atoms with Gasteiger partial charge in [0.1, 0.15) is 12.4 Å². The van der Waals surface area contributed by atoms with Gasteiger partial charge in [0, 0.05) is 6.20 Å². The summed E-state index contributed by atoms with van der Waals surface area (Å²) in [6.45, 7) is 0.239. The molecule has 2 heterocycles. The maximum absolute atomic E-state index is 12.9. The van der Waals surface area contributed by atoms with E-state index < -0.39 is 18.2 Å². The van der Waals surface area contributed by atoms with Crippen molar-refractivity contribution in [3.63, 3.8) is 0 Å². The molecule has 0 aromatic carbocycles. The molecule has 4 atom stereocenters. The lowest BCUT2D eigenvalue weighted by atomic mass is 9.74. The highest BCUT2D eigenvalue weighted by molar-refractivity contribution is 5.77. The van der Waals surface area contributed by atoms with E-state index in [1.165, 1.54) is 29.7 Å². The van der Waals surface area contributed by atoms with Crippen LogP contribution in [0.3, 0.4) is 0 Å². The Morgan fingerprint density at radius 3 is 2.96 bits per heavy atom. The average molecular weight is 377 g/mol. The maximum Gasteiger partial charge on any atom is 0.351 e. The average Bonchev–Trinajstić information content (AvgIpc) is 3.23. The zero-order valence-electron chi connectivity index (χ0n) is 15.5. The topological polar surface area (TPSA) is 106 Å². The van der Waals surface area contributed by atoms with Gasteiger partial charge in [-0.05, 0) is 37.7 Å². The van der Waals surface area contributed by atoms with Crippen molar-refractivity contribution in [2.75, 3.05) is 18.9 Å². The number of nitrogens with two attached hydrogens (primary N) is 1. The predicted molar refractivity (Wildman–Crippen MR) is 96.6 cm³/mol. The van der Waals surface area contributed by atoms with Crippen molar-refractivity contribution in [1.82, 2.24) is 9.55 Å². The minimum atomic E-state index is -0.676. The Morgan fingerprint density at radius 1 is 1.30 bits per heavy atom. The Balaban J connectivity index is 1.35. The van der Waals surface area contributed by atoms with Crippen molar-refractivity contribution in [3.05, 3.63) is 22.7 Å². The van der Waals surface area contributed by atoms with Crippen molar-refractivity contribution in [2.24, 2.45) is 11.3 Å². The Bertz CT molecular complexity index is 751. The number of carbonyl (C=O) groups excluding carboxylic acids is 1. The molecule has 1 aromatic heterocycles. The maximum atomic E-state index is 12.9. The Morgan fingerprint density at radius 2 is 2.11 bits per heavy atom. The number of hydrogen-bond acceptors (Lipinski definition) is 7. The van der Waals surface area contributed by atoms with Gasteiger partial charge in [-0.1, -0.05) is 25.7 Å². The molecule has 0 amide bonds. The van der Waals surface area contributed by atoms with E-state index in [0.717, 1.165) is 38.5 Å². The van der Waals surface area contributed by atoms with Crippen LogP contribution in [0.25, 0.3) is 0 Å². The van der Waals surface area contributed by atoms with Gasteiger partial charge in [-0.3, -0.25) is 9.36 Å². The molecule has 1 unspecified atom stereocenters. The number of nitrogens with zero attached hydrogens (tertiary/aromatic N) is 2. The van der Waals surface area contributed by atoms with E-state index in [0.29, 0.717) is 5.92 Å². The third-order valence-corrected chi connectivity index (χ3v) is 6.28. The molecule has 3 aliphatic rings. The van der Waals surface area contributed by atoms with E-state index in [1.807, 2.05) is 0 Å². The van der Waals surface area contributed by atoms with E-state index in [1.54, 1.807) is 0 Å². The molecule has 2 aliphatic carbocycles. The number of hydrogen-bond donors (Lipinski definition) is 1. The normalized spacial score (nSPS) is 33.4. The van der Waals surface area contributed by atoms with E-state index in [4.69, 9.17) is 19.9 Å². The number of nitrogen functional groups attached to an aromatic ring is 1. The van der Waals surface area contributed by atoms with Crippen molar-refractivity contribution in [3.8, 4) is 0 Å². The first-order valence-electron chi connectivity index (χ1n) is 9.87. The van der Waals surface area contributed by atoms with Crippen LogP contribution in [0.5, 0.6) is 0 Å². The Labute approximate surface area is 158 Å². The standard InChI is InChI=1S/C19H27N3O5/c20-14-7-10-22(18(24)21-14)15-11-25-16(27-15)12-26-17(23)19-8-3-1-2-5-13(19)6-4-9-19/h7,10,13,15-16H,1-6,8-9,11-12H2,(H2,20,21,24)/t13-,15+,16+,19?/m1/s1. The van der Waals surface area contributed by atoms with Crippen LogP contribution in [0.15, 0.2) is 17.1 Å². The molecule has 2 N–H and O–H groups in total. The van der Waals surface area contributed by atoms with Crippen LogP contribution in [0.1, 0.15) is 57.6 Å². The van der Waals surface area contributed by atoms with Gasteiger partial charge >= 0.3 is 11.7 Å². The van der Waals surface area contributed by atoms with Crippen molar-refractivity contribution < 1.29 is 19.0 Å². The van der Waals surface area contributed by atoms with Gasteiger partial charge in [-0.25, -0.2) is 4.79 Å². The molecule has 0 bridgehead atoms. The van der Waals surface area contributed by atoms with Gasteiger partial charge in [0.05, 0.1) is 12.0 Å². The first-order chi connectivity index (χ1) is 13.1. The summed E-state index contributed by atoms with van der Waals surface area (Å²) in [4.78, 5) is 28.5. The number of rotatable bonds is 4. The van der Waals surface area contributed by atoms with Gasteiger partial charge in [0.2, 0.25) is 0 Å². The van der Waals surface area contributed by atoms with Crippen LogP contribution in [0, 0.1) is 11.3 Å². The first-order valence-corrected chi connectivity index (χ1v) is 9.87. The summed E-state index contributed by atoms with van der Waals surface area (Å²) < 4.78 is 18.3. The molecule has 0 spiro atoms. The molecule has 4 rings (SSSR count). The summed E-state index contributed by atoms with van der Waals surface area (Å²) in [5.41, 5.74) is 4.70. The molecule has 8 heteroatoms. The molecule has 1 saturated heterocycles. The number of carbonyl (C=O) groups is 1. The summed E-state index contributed by atoms with van der Waals surface area (Å²) in [5, 5.41) is 0. The summed E-state index contributed by atoms with van der Waals surface area (Å²) in [7, 11) is 0. The second-order valence-electron chi connectivity index (χ2n) is 7.84. The quantitative estimate of drug-likeness (QED) is 0.800. The Kier molecular flexibility index (Phi) is 5.19. The summed E-state index contributed by atoms with van der Waals surface area (Å²) in [6.07, 6.45) is 8.98. The molecule has 2 saturated carbocycles. The van der Waals surface area contributed by atoms with E-state index in [-0.39, 0.29) is 30.4 Å². The molecule has 27 heavy (non-hydrogen) atoms.